The number of anilines is 1. The van der Waals surface area contributed by atoms with Crippen molar-refractivity contribution >= 4 is 11.6 Å². The van der Waals surface area contributed by atoms with Crippen LogP contribution in [0.25, 0.3) is 0 Å². The van der Waals surface area contributed by atoms with Crippen molar-refractivity contribution in [3.8, 4) is 0 Å². The highest BCUT2D eigenvalue weighted by Crippen LogP contribution is 2.29. The highest BCUT2D eigenvalue weighted by molar-refractivity contribution is 5.85. The summed E-state index contributed by atoms with van der Waals surface area (Å²) in [5.74, 6) is 0.0461. The van der Waals surface area contributed by atoms with Gasteiger partial charge in [-0.2, -0.15) is 0 Å². The Morgan fingerprint density at radius 3 is 2.36 bits per heavy atom. The van der Waals surface area contributed by atoms with E-state index in [2.05, 4.69) is 0 Å². The number of hydrogen-bond acceptors (Lipinski definition) is 4. The Labute approximate surface area is 132 Å². The second-order valence-corrected chi connectivity index (χ2v) is 6.26. The predicted molar refractivity (Wildman–Crippen MR) is 86.4 cm³/mol. The van der Waals surface area contributed by atoms with Crippen LogP contribution in [0.2, 0.25) is 0 Å². The van der Waals surface area contributed by atoms with Crippen LogP contribution in [-0.2, 0) is 9.63 Å². The summed E-state index contributed by atoms with van der Waals surface area (Å²) in [4.78, 5) is 20.7. The van der Waals surface area contributed by atoms with Crippen LogP contribution < -0.4 is 5.06 Å². The lowest BCUT2D eigenvalue weighted by atomic mass is 10.1. The van der Waals surface area contributed by atoms with Gasteiger partial charge in [0.2, 0.25) is 5.91 Å². The standard InChI is InChI=1S/C17H26N2O3/c1-12(2)18(13(3)4)17(21)16-10-15(11-20)22-19(16)14-8-6-5-7-9-14/h5-9,12-13,15-16,20H,10-11H2,1-4H3/t15-,16+/m1/s1. The van der Waals surface area contributed by atoms with Crippen LogP contribution in [0.15, 0.2) is 30.3 Å². The topological polar surface area (TPSA) is 53.0 Å². The van der Waals surface area contributed by atoms with Gasteiger partial charge in [-0.15, -0.1) is 0 Å². The molecular formula is C17H26N2O3. The van der Waals surface area contributed by atoms with Crippen molar-refractivity contribution in [3.05, 3.63) is 30.3 Å². The van der Waals surface area contributed by atoms with Crippen molar-refractivity contribution in [2.75, 3.05) is 11.7 Å². The van der Waals surface area contributed by atoms with Crippen LogP contribution in [0.4, 0.5) is 5.69 Å². The van der Waals surface area contributed by atoms with Crippen molar-refractivity contribution in [3.63, 3.8) is 0 Å². The number of carbonyl (C=O) groups is 1. The van der Waals surface area contributed by atoms with Crippen molar-refractivity contribution in [1.82, 2.24) is 4.90 Å². The van der Waals surface area contributed by atoms with E-state index in [1.807, 2.05) is 62.9 Å². The fraction of sp³-hybridized carbons (Fsp3) is 0.588. The van der Waals surface area contributed by atoms with Gasteiger partial charge < -0.3 is 10.0 Å². The van der Waals surface area contributed by atoms with Crippen LogP contribution in [-0.4, -0.2) is 46.7 Å². The molecule has 0 radical (unpaired) electrons. The lowest BCUT2D eigenvalue weighted by Crippen LogP contribution is -2.51. The van der Waals surface area contributed by atoms with E-state index in [9.17, 15) is 9.90 Å². The van der Waals surface area contributed by atoms with Gasteiger partial charge in [0.15, 0.2) is 0 Å². The fourth-order valence-corrected chi connectivity index (χ4v) is 3.02. The number of aliphatic hydroxyl groups is 1. The van der Waals surface area contributed by atoms with Crippen LogP contribution in [0.5, 0.6) is 0 Å². The van der Waals surface area contributed by atoms with Crippen molar-refractivity contribution in [2.24, 2.45) is 0 Å². The maximum absolute atomic E-state index is 13.0. The number of para-hydroxylation sites is 1. The molecule has 1 fully saturated rings. The van der Waals surface area contributed by atoms with E-state index in [-0.39, 0.29) is 30.7 Å². The van der Waals surface area contributed by atoms with Crippen molar-refractivity contribution in [1.29, 1.82) is 0 Å². The molecule has 5 nitrogen and oxygen atoms in total. The Kier molecular flexibility index (Phi) is 5.42. The molecule has 5 heteroatoms. The first-order chi connectivity index (χ1) is 10.5. The average Bonchev–Trinajstić information content (AvgIpc) is 2.91. The quantitative estimate of drug-likeness (QED) is 0.906. The van der Waals surface area contributed by atoms with Gasteiger partial charge in [-0.3, -0.25) is 9.63 Å². The van der Waals surface area contributed by atoms with Gasteiger partial charge in [-0.1, -0.05) is 18.2 Å². The summed E-state index contributed by atoms with van der Waals surface area (Å²) in [7, 11) is 0. The molecule has 2 rings (SSSR count). The molecule has 1 aliphatic rings. The van der Waals surface area contributed by atoms with Gasteiger partial charge in [0.05, 0.1) is 12.3 Å². The summed E-state index contributed by atoms with van der Waals surface area (Å²) < 4.78 is 0. The van der Waals surface area contributed by atoms with E-state index < -0.39 is 6.04 Å². The second-order valence-electron chi connectivity index (χ2n) is 6.26. The third-order valence-corrected chi connectivity index (χ3v) is 3.90. The summed E-state index contributed by atoms with van der Waals surface area (Å²) in [6, 6.07) is 9.42. The Balaban J connectivity index is 2.27. The molecule has 1 aromatic rings. The highest BCUT2D eigenvalue weighted by atomic mass is 16.7. The van der Waals surface area contributed by atoms with E-state index in [1.165, 1.54) is 0 Å². The Morgan fingerprint density at radius 2 is 1.86 bits per heavy atom. The maximum atomic E-state index is 13.0. The Morgan fingerprint density at radius 1 is 1.27 bits per heavy atom. The van der Waals surface area contributed by atoms with Crippen LogP contribution in [0, 0.1) is 0 Å². The third kappa shape index (κ3) is 3.42. The minimum Gasteiger partial charge on any atom is -0.394 e. The van der Waals surface area contributed by atoms with E-state index >= 15 is 0 Å². The predicted octanol–water partition coefficient (Wildman–Crippen LogP) is 2.20. The summed E-state index contributed by atoms with van der Waals surface area (Å²) in [6.45, 7) is 7.98. The summed E-state index contributed by atoms with van der Waals surface area (Å²) in [5, 5.41) is 11.1. The molecule has 1 heterocycles. The minimum atomic E-state index is -0.399. The lowest BCUT2D eigenvalue weighted by Gasteiger charge is -2.35. The Bertz CT molecular complexity index is 482. The molecule has 0 aliphatic carbocycles. The van der Waals surface area contributed by atoms with Gasteiger partial charge in [0, 0.05) is 18.5 Å². The largest absolute Gasteiger partial charge is 0.394 e. The molecule has 0 unspecified atom stereocenters. The van der Waals surface area contributed by atoms with E-state index in [0.717, 1.165) is 5.69 Å². The molecule has 0 bridgehead atoms. The zero-order chi connectivity index (χ0) is 16.3. The monoisotopic (exact) mass is 306 g/mol. The van der Waals surface area contributed by atoms with E-state index in [1.54, 1.807) is 5.06 Å². The van der Waals surface area contributed by atoms with Gasteiger partial charge >= 0.3 is 0 Å². The second kappa shape index (κ2) is 7.11. The van der Waals surface area contributed by atoms with Crippen molar-refractivity contribution < 1.29 is 14.7 Å². The normalized spacial score (nSPS) is 21.7. The molecule has 1 saturated heterocycles. The zero-order valence-electron chi connectivity index (χ0n) is 13.8. The fourth-order valence-electron chi connectivity index (χ4n) is 3.02. The maximum Gasteiger partial charge on any atom is 0.248 e. The molecule has 2 atom stereocenters. The first-order valence-electron chi connectivity index (χ1n) is 7.89. The molecule has 1 aromatic carbocycles. The number of carbonyl (C=O) groups excluding carboxylic acids is 1. The number of nitrogens with zero attached hydrogens (tertiary/aromatic N) is 2. The molecular weight excluding hydrogens is 280 g/mol. The summed E-state index contributed by atoms with van der Waals surface area (Å²) in [5.41, 5.74) is 0.837. The zero-order valence-corrected chi connectivity index (χ0v) is 13.8. The number of hydroxylamine groups is 1. The smallest absolute Gasteiger partial charge is 0.248 e. The summed E-state index contributed by atoms with van der Waals surface area (Å²) >= 11 is 0. The number of amides is 1. The third-order valence-electron chi connectivity index (χ3n) is 3.90. The number of hydrogen-bond donors (Lipinski definition) is 1. The van der Waals surface area contributed by atoms with Gasteiger partial charge in [-0.05, 0) is 39.8 Å². The number of rotatable bonds is 5. The van der Waals surface area contributed by atoms with Gasteiger partial charge in [-0.25, -0.2) is 5.06 Å². The van der Waals surface area contributed by atoms with Crippen LogP contribution in [0.3, 0.4) is 0 Å². The molecule has 0 saturated carbocycles. The van der Waals surface area contributed by atoms with Crippen molar-refractivity contribution in [2.45, 2.75) is 58.3 Å². The van der Waals surface area contributed by atoms with E-state index in [0.29, 0.717) is 6.42 Å². The average molecular weight is 306 g/mol. The molecule has 122 valence electrons. The molecule has 0 spiro atoms. The summed E-state index contributed by atoms with van der Waals surface area (Å²) in [6.07, 6.45) is 0.163. The molecule has 0 aromatic heterocycles. The molecule has 1 amide bonds. The SMILES string of the molecule is CC(C)N(C(=O)[C@@H]1C[C@H](CO)ON1c1ccccc1)C(C)C. The molecule has 1 N–H and O–H groups in total. The first kappa shape index (κ1) is 16.8. The minimum absolute atomic E-state index is 0.0461. The molecule has 1 aliphatic heterocycles. The molecule has 22 heavy (non-hydrogen) atoms. The van der Waals surface area contributed by atoms with Crippen LogP contribution >= 0.6 is 0 Å². The number of benzene rings is 1. The van der Waals surface area contributed by atoms with E-state index in [4.69, 9.17) is 4.84 Å². The van der Waals surface area contributed by atoms with Gasteiger partial charge in [0.25, 0.3) is 0 Å². The highest BCUT2D eigenvalue weighted by Gasteiger charge is 2.41. The van der Waals surface area contributed by atoms with Crippen LogP contribution in [0.1, 0.15) is 34.1 Å². The van der Waals surface area contributed by atoms with Gasteiger partial charge in [0.1, 0.15) is 12.1 Å². The first-order valence-corrected chi connectivity index (χ1v) is 7.89. The lowest BCUT2D eigenvalue weighted by molar-refractivity contribution is -0.136. The Hall–Kier alpha value is -1.59. The number of aliphatic hydroxyl groups excluding tert-OH is 1.